The number of hydrogen-bond acceptors (Lipinski definition) is 3. The molecule has 0 amide bonds. The van der Waals surface area contributed by atoms with E-state index in [2.05, 4.69) is 115 Å². The lowest BCUT2D eigenvalue weighted by Gasteiger charge is -2.12. The number of nitrogens with zero attached hydrogens (tertiary/aromatic N) is 2. The van der Waals surface area contributed by atoms with Gasteiger partial charge in [-0.25, -0.2) is 0 Å². The highest BCUT2D eigenvalue weighted by molar-refractivity contribution is 15.0. The molecule has 0 radical (unpaired) electrons. The Kier molecular flexibility index (Phi) is 17.4. The van der Waals surface area contributed by atoms with Gasteiger partial charge >= 0.3 is 0 Å². The van der Waals surface area contributed by atoms with E-state index in [1.54, 1.807) is 0 Å². The monoisotopic (exact) mass is 657 g/mol. The highest BCUT2D eigenvalue weighted by Crippen LogP contribution is 2.45. The van der Waals surface area contributed by atoms with Crippen LogP contribution in [0.4, 0.5) is 5.69 Å². The SMILES string of the molecule is C.C.CC.CC.CN1C(=Cc2sc3ccccc3[n+]2C)Sc2ccccc21.II. The van der Waals surface area contributed by atoms with Crippen molar-refractivity contribution in [2.45, 2.75) is 47.4 Å². The van der Waals surface area contributed by atoms with Crippen molar-refractivity contribution >= 4 is 82.3 Å². The van der Waals surface area contributed by atoms with Gasteiger partial charge in [0.1, 0.15) is 11.7 Å². The van der Waals surface area contributed by atoms with Crippen LogP contribution in [0.1, 0.15) is 47.6 Å². The Morgan fingerprint density at radius 1 is 0.897 bits per heavy atom. The zero-order chi connectivity index (χ0) is 20.4. The second-order valence-corrected chi connectivity index (χ2v) is 7.20. The normalized spacial score (nSPS) is 12.1. The van der Waals surface area contributed by atoms with Crippen LogP contribution < -0.4 is 9.47 Å². The maximum Gasteiger partial charge on any atom is 0.265 e. The number of fused-ring (bicyclic) bond motifs is 2. The van der Waals surface area contributed by atoms with E-state index < -0.39 is 0 Å². The lowest BCUT2D eigenvalue weighted by Crippen LogP contribution is -2.29. The number of benzene rings is 2. The van der Waals surface area contributed by atoms with E-state index in [-0.39, 0.29) is 14.9 Å². The first kappa shape index (κ1) is 30.9. The molecule has 0 unspecified atom stereocenters. The third kappa shape index (κ3) is 7.40. The fraction of sp³-hybridized carbons (Fsp3) is 0.348. The summed E-state index contributed by atoms with van der Waals surface area (Å²) in [5, 5.41) is 2.55. The molecule has 29 heavy (non-hydrogen) atoms. The van der Waals surface area contributed by atoms with Crippen LogP contribution in [0.25, 0.3) is 16.3 Å². The summed E-state index contributed by atoms with van der Waals surface area (Å²) in [7, 11) is 4.27. The summed E-state index contributed by atoms with van der Waals surface area (Å²) < 4.78 is 3.60. The number of thioether (sulfide) groups is 1. The fourth-order valence-corrected chi connectivity index (χ4v) is 4.85. The number of aromatic nitrogens is 1. The Hall–Kier alpha value is -0.320. The van der Waals surface area contributed by atoms with Gasteiger partial charge in [-0.1, -0.05) is 89.9 Å². The van der Waals surface area contributed by atoms with Crippen LogP contribution in [0.2, 0.25) is 0 Å². The van der Waals surface area contributed by atoms with E-state index in [4.69, 9.17) is 0 Å². The average Bonchev–Trinajstić information content (AvgIpc) is 3.24. The molecule has 0 bridgehead atoms. The number of halogens is 2. The topological polar surface area (TPSA) is 7.12 Å². The van der Waals surface area contributed by atoms with E-state index in [1.165, 1.54) is 30.8 Å². The smallest absolute Gasteiger partial charge is 0.265 e. The molecule has 2 heterocycles. The van der Waals surface area contributed by atoms with Gasteiger partial charge in [-0.3, -0.25) is 0 Å². The van der Waals surface area contributed by atoms with Gasteiger partial charge in [-0.05, 0) is 18.2 Å². The van der Waals surface area contributed by atoms with Crippen LogP contribution in [0.3, 0.4) is 0 Å². The maximum atomic E-state index is 2.29. The molecular weight excluding hydrogens is 622 g/mol. The highest BCUT2D eigenvalue weighted by atomic mass is 128. The molecule has 0 saturated carbocycles. The van der Waals surface area contributed by atoms with Crippen LogP contribution in [0.5, 0.6) is 0 Å². The zero-order valence-electron chi connectivity index (χ0n) is 16.7. The van der Waals surface area contributed by atoms with Gasteiger partial charge in [0.05, 0.1) is 16.8 Å². The Bertz CT molecular complexity index is 876. The lowest BCUT2D eigenvalue weighted by atomic mass is 10.3. The summed E-state index contributed by atoms with van der Waals surface area (Å²) in [5.41, 5.74) is 2.58. The Labute approximate surface area is 210 Å². The van der Waals surface area contributed by atoms with E-state index >= 15 is 0 Å². The molecule has 0 saturated heterocycles. The van der Waals surface area contributed by atoms with Gasteiger partial charge in [0.25, 0.3) is 5.01 Å². The lowest BCUT2D eigenvalue weighted by molar-refractivity contribution is -0.642. The molecule has 162 valence electrons. The number of anilines is 1. The van der Waals surface area contributed by atoms with Crippen molar-refractivity contribution in [3.63, 3.8) is 0 Å². The molecule has 1 aromatic heterocycles. The van der Waals surface area contributed by atoms with Crippen molar-refractivity contribution in [3.8, 4) is 0 Å². The first-order valence-corrected chi connectivity index (χ1v) is 16.9. The minimum Gasteiger partial charge on any atom is -0.338 e. The van der Waals surface area contributed by atoms with Crippen LogP contribution in [-0.2, 0) is 7.05 Å². The molecule has 2 nitrogen and oxygen atoms in total. The van der Waals surface area contributed by atoms with Crippen LogP contribution >= 0.6 is 60.3 Å². The molecule has 1 aliphatic rings. The van der Waals surface area contributed by atoms with Gasteiger partial charge < -0.3 is 4.90 Å². The third-order valence-corrected chi connectivity index (χ3v) is 6.12. The second-order valence-electron chi connectivity index (χ2n) is 5.08. The van der Waals surface area contributed by atoms with Crippen LogP contribution in [-0.4, -0.2) is 7.05 Å². The summed E-state index contributed by atoms with van der Waals surface area (Å²) in [6, 6.07) is 17.1. The number of aryl methyl sites for hydroxylation is 1. The molecular formula is C23H35I2N2S2+. The first-order valence-electron chi connectivity index (χ1n) is 8.98. The molecule has 0 N–H and O–H groups in total. The average molecular weight is 657 g/mol. The minimum absolute atomic E-state index is 0. The molecule has 3 aromatic rings. The summed E-state index contributed by atoms with van der Waals surface area (Å²) in [6.07, 6.45) is 2.29. The van der Waals surface area contributed by atoms with Crippen molar-refractivity contribution in [1.29, 1.82) is 0 Å². The van der Waals surface area contributed by atoms with Crippen molar-refractivity contribution in [2.75, 3.05) is 11.9 Å². The second kappa shape index (κ2) is 16.4. The molecule has 0 atom stereocenters. The van der Waals surface area contributed by atoms with Crippen LogP contribution in [0.15, 0.2) is 58.5 Å². The number of rotatable bonds is 1. The first-order chi connectivity index (χ1) is 13.2. The van der Waals surface area contributed by atoms with E-state index in [9.17, 15) is 0 Å². The van der Waals surface area contributed by atoms with Gasteiger partial charge in [-0.2, -0.15) is 4.57 Å². The van der Waals surface area contributed by atoms with E-state index in [1.807, 2.05) is 50.8 Å². The minimum atomic E-state index is 0. The molecule has 6 heteroatoms. The predicted octanol–water partition coefficient (Wildman–Crippen LogP) is 9.36. The quantitative estimate of drug-likeness (QED) is 0.190. The number of para-hydroxylation sites is 2. The summed E-state index contributed by atoms with van der Waals surface area (Å²) >= 11 is 7.92. The fourth-order valence-electron chi connectivity index (χ4n) is 2.60. The summed E-state index contributed by atoms with van der Waals surface area (Å²) in [5.74, 6) is 0. The number of thiazole rings is 1. The van der Waals surface area contributed by atoms with Crippen molar-refractivity contribution in [1.82, 2.24) is 0 Å². The molecule has 2 aromatic carbocycles. The zero-order valence-corrected chi connectivity index (χ0v) is 22.6. The van der Waals surface area contributed by atoms with Crippen molar-refractivity contribution in [2.24, 2.45) is 7.05 Å². The number of hydrogen-bond donors (Lipinski definition) is 0. The van der Waals surface area contributed by atoms with E-state index in [0.717, 1.165) is 0 Å². The van der Waals surface area contributed by atoms with Crippen molar-refractivity contribution < 1.29 is 4.57 Å². The molecule has 0 spiro atoms. The molecule has 0 fully saturated rings. The van der Waals surface area contributed by atoms with E-state index in [0.29, 0.717) is 0 Å². The Balaban J connectivity index is 0. The summed E-state index contributed by atoms with van der Waals surface area (Å²) in [6.45, 7) is 8.00. The molecule has 4 rings (SSSR count). The van der Waals surface area contributed by atoms with Gasteiger partial charge in [-0.15, -0.1) is 0 Å². The standard InChI is InChI=1S/C17H15N2S2.2C2H6.2CH4.I2/c1-18-12-7-3-5-9-14(12)20-16(18)11-17-19(2)13-8-4-6-10-15(13)21-17;2*1-2;;;1-2/h3-11H,1-2H3;2*1-2H3;2*1H4;/q+1;;;;;. The highest BCUT2D eigenvalue weighted by Gasteiger charge is 2.24. The van der Waals surface area contributed by atoms with Gasteiger partial charge in [0.2, 0.25) is 5.52 Å². The van der Waals surface area contributed by atoms with Crippen molar-refractivity contribution in [3.05, 3.63) is 58.6 Å². The Morgan fingerprint density at radius 3 is 2.03 bits per heavy atom. The molecule has 0 aliphatic carbocycles. The van der Waals surface area contributed by atoms with Gasteiger partial charge in [0.15, 0.2) is 0 Å². The predicted molar refractivity (Wildman–Crippen MR) is 156 cm³/mol. The van der Waals surface area contributed by atoms with Crippen LogP contribution in [0, 0.1) is 0 Å². The maximum absolute atomic E-state index is 2.29. The largest absolute Gasteiger partial charge is 0.338 e. The third-order valence-electron chi connectivity index (χ3n) is 3.79. The Morgan fingerprint density at radius 2 is 1.45 bits per heavy atom. The summed E-state index contributed by atoms with van der Waals surface area (Å²) in [4.78, 5) is 3.60. The molecule has 1 aliphatic heterocycles. The van der Waals surface area contributed by atoms with Gasteiger partial charge in [0, 0.05) is 55.2 Å².